The van der Waals surface area contributed by atoms with Crippen LogP contribution in [0.15, 0.2) is 41.4 Å². The van der Waals surface area contributed by atoms with E-state index in [4.69, 9.17) is 22.2 Å². The van der Waals surface area contributed by atoms with Gasteiger partial charge in [0.15, 0.2) is 5.84 Å². The van der Waals surface area contributed by atoms with E-state index in [9.17, 15) is 14.7 Å². The first-order valence-corrected chi connectivity index (χ1v) is 10.3. The first-order valence-electron chi connectivity index (χ1n) is 10.3. The lowest BCUT2D eigenvalue weighted by Crippen LogP contribution is -2.61. The van der Waals surface area contributed by atoms with Gasteiger partial charge in [-0.3, -0.25) is 9.80 Å². The first-order chi connectivity index (χ1) is 15.6. The van der Waals surface area contributed by atoms with Crippen LogP contribution in [0, 0.1) is 5.92 Å². The summed E-state index contributed by atoms with van der Waals surface area (Å²) in [6.45, 7) is 1.56. The summed E-state index contributed by atoms with van der Waals surface area (Å²) in [5.74, 6) is 10.4. The highest BCUT2D eigenvalue weighted by atomic mass is 16.5. The molecular weight excluding hydrogens is 428 g/mol. The third kappa shape index (κ3) is 4.49. The number of anilines is 1. The molecule has 3 unspecified atom stereocenters. The van der Waals surface area contributed by atoms with Gasteiger partial charge in [-0.05, 0) is 42.7 Å². The molecule has 1 aromatic rings. The Morgan fingerprint density at radius 3 is 2.67 bits per heavy atom. The highest BCUT2D eigenvalue weighted by Crippen LogP contribution is 2.47. The van der Waals surface area contributed by atoms with Crippen LogP contribution in [0.5, 0.6) is 0 Å². The second-order valence-electron chi connectivity index (χ2n) is 7.90. The van der Waals surface area contributed by atoms with Crippen LogP contribution < -0.4 is 27.7 Å². The van der Waals surface area contributed by atoms with Crippen LogP contribution >= 0.6 is 0 Å². The average molecular weight is 459 g/mol. The van der Waals surface area contributed by atoms with Gasteiger partial charge in [-0.15, -0.1) is 5.10 Å². The molecule has 2 heterocycles. The summed E-state index contributed by atoms with van der Waals surface area (Å²) in [6.07, 6.45) is 2.77. The van der Waals surface area contributed by atoms with Gasteiger partial charge in [0.25, 0.3) is 0 Å². The zero-order chi connectivity index (χ0) is 24.4. The van der Waals surface area contributed by atoms with Crippen LogP contribution in [0.4, 0.5) is 5.69 Å². The summed E-state index contributed by atoms with van der Waals surface area (Å²) in [6, 6.07) is 4.90. The minimum atomic E-state index is -0.840. The lowest BCUT2D eigenvalue weighted by molar-refractivity contribution is -0.161. The van der Waals surface area contributed by atoms with Crippen molar-refractivity contribution in [1.82, 2.24) is 15.3 Å². The number of esters is 1. The summed E-state index contributed by atoms with van der Waals surface area (Å²) in [5, 5.41) is 19.4. The zero-order valence-electron chi connectivity index (χ0n) is 19.0. The molecule has 12 heteroatoms. The lowest BCUT2D eigenvalue weighted by Gasteiger charge is -2.44. The number of rotatable bonds is 8. The van der Waals surface area contributed by atoms with Crippen molar-refractivity contribution in [2.75, 3.05) is 26.2 Å². The monoisotopic (exact) mass is 458 g/mol. The molecular formula is C21H30N8O4. The number of hydrogen-bond donors (Lipinski definition) is 5. The van der Waals surface area contributed by atoms with E-state index in [2.05, 4.69) is 10.4 Å². The number of ether oxygens (including phenoxy) is 1. The van der Waals surface area contributed by atoms with Crippen molar-refractivity contribution in [3.63, 3.8) is 0 Å². The number of carbonyl (C=O) groups is 2. The van der Waals surface area contributed by atoms with Crippen molar-refractivity contribution < 1.29 is 19.4 Å². The maximum Gasteiger partial charge on any atom is 0.355 e. The van der Waals surface area contributed by atoms with Gasteiger partial charge in [0.1, 0.15) is 5.70 Å². The molecule has 8 N–H and O–H groups in total. The molecule has 0 radical (unpaired) electrons. The molecule has 1 saturated heterocycles. The van der Waals surface area contributed by atoms with Crippen molar-refractivity contribution in [3.05, 3.63) is 47.4 Å². The number of carbonyl (C=O) groups excluding carboxylic acids is 2. The van der Waals surface area contributed by atoms with Gasteiger partial charge in [0.2, 0.25) is 5.91 Å². The molecule has 12 nitrogen and oxygen atoms in total. The summed E-state index contributed by atoms with van der Waals surface area (Å²) < 4.78 is 4.96. The SMILES string of the molecule is CN/C=C\N(N)c1cc(C2=C(C(=O)OC)N3C(=O)C(C(C)O)C3C2)cc(/C(N)=N/N(C)N)c1. The number of amidine groups is 1. The Labute approximate surface area is 191 Å². The molecule has 1 aromatic carbocycles. The van der Waals surface area contributed by atoms with Crippen molar-refractivity contribution in [2.24, 2.45) is 28.4 Å². The van der Waals surface area contributed by atoms with Gasteiger partial charge in [-0.1, -0.05) is 0 Å². The predicted molar refractivity (Wildman–Crippen MR) is 123 cm³/mol. The number of hydrogen-bond acceptors (Lipinski definition) is 10. The Kier molecular flexibility index (Phi) is 6.91. The Morgan fingerprint density at radius 1 is 1.39 bits per heavy atom. The number of amides is 1. The van der Waals surface area contributed by atoms with Gasteiger partial charge < -0.3 is 25.8 Å². The molecule has 0 aromatic heterocycles. The number of methoxy groups -OCH3 is 1. The Hall–Kier alpha value is -3.61. The summed E-state index contributed by atoms with van der Waals surface area (Å²) in [7, 11) is 4.52. The number of nitrogens with two attached hydrogens (primary N) is 3. The number of β-lactam (4-membered cyclic amide) rings is 1. The fraction of sp³-hybridized carbons (Fsp3) is 0.381. The third-order valence-electron chi connectivity index (χ3n) is 5.63. The average Bonchev–Trinajstić information content (AvgIpc) is 3.10. The molecule has 0 saturated carbocycles. The summed E-state index contributed by atoms with van der Waals surface area (Å²) >= 11 is 0. The van der Waals surface area contributed by atoms with Gasteiger partial charge in [0, 0.05) is 32.1 Å². The normalized spacial score (nSPS) is 21.1. The number of nitrogens with zero attached hydrogens (tertiary/aromatic N) is 4. The third-order valence-corrected chi connectivity index (χ3v) is 5.63. The van der Waals surface area contributed by atoms with Crippen LogP contribution in [-0.4, -0.2) is 66.2 Å². The number of aliphatic hydroxyl groups is 1. The molecule has 1 amide bonds. The Balaban J connectivity index is 2.17. The van der Waals surface area contributed by atoms with Crippen LogP contribution in [0.1, 0.15) is 24.5 Å². The number of fused-ring (bicyclic) bond motifs is 1. The number of hydrazine groups is 2. The quantitative estimate of drug-likeness (QED) is 0.0809. The second-order valence-corrected chi connectivity index (χ2v) is 7.90. The fourth-order valence-electron chi connectivity index (χ4n) is 4.16. The molecule has 0 spiro atoms. The molecule has 3 rings (SSSR count). The van der Waals surface area contributed by atoms with Crippen LogP contribution in [0.3, 0.4) is 0 Å². The maximum absolute atomic E-state index is 12.7. The van der Waals surface area contributed by atoms with Crippen molar-refractivity contribution in [2.45, 2.75) is 25.5 Å². The van der Waals surface area contributed by atoms with E-state index in [1.54, 1.807) is 44.6 Å². The number of hydrazone groups is 1. The maximum atomic E-state index is 12.7. The van der Waals surface area contributed by atoms with Gasteiger partial charge in [-0.25, -0.2) is 21.6 Å². The minimum absolute atomic E-state index is 0.133. The number of benzene rings is 1. The first kappa shape index (κ1) is 24.0. The molecule has 33 heavy (non-hydrogen) atoms. The largest absolute Gasteiger partial charge is 0.464 e. The van der Waals surface area contributed by atoms with Gasteiger partial charge in [0.05, 0.1) is 30.9 Å². The fourth-order valence-corrected chi connectivity index (χ4v) is 4.16. The van der Waals surface area contributed by atoms with Gasteiger partial charge in [-0.2, -0.15) is 0 Å². The summed E-state index contributed by atoms with van der Waals surface area (Å²) in [4.78, 5) is 26.8. The molecule has 2 aliphatic heterocycles. The van der Waals surface area contributed by atoms with E-state index < -0.39 is 18.0 Å². The van der Waals surface area contributed by atoms with Crippen LogP contribution in [-0.2, 0) is 14.3 Å². The molecule has 2 aliphatic rings. The van der Waals surface area contributed by atoms with Gasteiger partial charge >= 0.3 is 5.97 Å². The standard InChI is InChI=1S/C21H30N8O4/c1-11(30)17-16-10-15(18(21(32)33-4)29(16)20(17)31)12-7-13(19(22)26-27(3)23)9-14(8-12)28(24)6-5-25-2/h5-9,11,16-17,25,30H,10,23-24H2,1-4H3,(H2,22,26)/b6-5-. The topological polar surface area (TPSA) is 176 Å². The number of aliphatic hydroxyl groups excluding tert-OH is 1. The van der Waals surface area contributed by atoms with Crippen molar-refractivity contribution in [3.8, 4) is 0 Å². The van der Waals surface area contributed by atoms with E-state index >= 15 is 0 Å². The van der Waals surface area contributed by atoms with E-state index in [1.807, 2.05) is 0 Å². The smallest absolute Gasteiger partial charge is 0.355 e. The Bertz CT molecular complexity index is 1030. The molecule has 0 bridgehead atoms. The predicted octanol–water partition coefficient (Wildman–Crippen LogP) is -1.02. The van der Waals surface area contributed by atoms with Crippen molar-refractivity contribution >= 4 is 29.0 Å². The summed E-state index contributed by atoms with van der Waals surface area (Å²) in [5.41, 5.74) is 8.55. The van der Waals surface area contributed by atoms with Crippen molar-refractivity contribution in [1.29, 1.82) is 0 Å². The van der Waals surface area contributed by atoms with Crippen LogP contribution in [0.2, 0.25) is 0 Å². The minimum Gasteiger partial charge on any atom is -0.464 e. The molecule has 3 atom stereocenters. The Morgan fingerprint density at radius 2 is 2.09 bits per heavy atom. The van der Waals surface area contributed by atoms with E-state index in [-0.39, 0.29) is 23.5 Å². The van der Waals surface area contributed by atoms with Crippen LogP contribution in [0.25, 0.3) is 5.57 Å². The second kappa shape index (κ2) is 9.48. The lowest BCUT2D eigenvalue weighted by atomic mass is 9.82. The highest BCUT2D eigenvalue weighted by Gasteiger charge is 2.57. The van der Waals surface area contributed by atoms with E-state index in [0.717, 1.165) is 5.12 Å². The van der Waals surface area contributed by atoms with E-state index in [0.29, 0.717) is 28.8 Å². The zero-order valence-corrected chi connectivity index (χ0v) is 19.0. The molecule has 1 fully saturated rings. The molecule has 178 valence electrons. The highest BCUT2D eigenvalue weighted by molar-refractivity contribution is 6.07. The number of nitrogens with one attached hydrogen (secondary N) is 1. The van der Waals surface area contributed by atoms with E-state index in [1.165, 1.54) is 24.1 Å². The molecule has 0 aliphatic carbocycles.